The summed E-state index contributed by atoms with van der Waals surface area (Å²) in [7, 11) is 0. The number of furan rings is 1. The van der Waals surface area contributed by atoms with Gasteiger partial charge in [0.15, 0.2) is 0 Å². The van der Waals surface area contributed by atoms with E-state index in [1.807, 2.05) is 0 Å². The summed E-state index contributed by atoms with van der Waals surface area (Å²) in [5.41, 5.74) is 0.339. The zero-order valence-corrected chi connectivity index (χ0v) is 11.3. The highest BCUT2D eigenvalue weighted by Gasteiger charge is 2.41. The van der Waals surface area contributed by atoms with Crippen LogP contribution >= 0.6 is 0 Å². The van der Waals surface area contributed by atoms with Gasteiger partial charge in [0.05, 0.1) is 12.8 Å². The summed E-state index contributed by atoms with van der Waals surface area (Å²) in [6.07, 6.45) is 5.43. The van der Waals surface area contributed by atoms with Gasteiger partial charge in [-0.1, -0.05) is 13.3 Å². The highest BCUT2D eigenvalue weighted by atomic mass is 16.4. The average molecular weight is 266 g/mol. The van der Waals surface area contributed by atoms with Crippen LogP contribution in [0.5, 0.6) is 0 Å². The molecule has 1 aliphatic carbocycles. The van der Waals surface area contributed by atoms with Crippen molar-refractivity contribution in [2.45, 2.75) is 38.7 Å². The third-order valence-corrected chi connectivity index (χ3v) is 3.69. The molecule has 0 saturated heterocycles. The molecular formula is C14H22N2O3. The Labute approximate surface area is 113 Å². The van der Waals surface area contributed by atoms with Crippen molar-refractivity contribution in [3.8, 4) is 0 Å². The number of carbonyl (C=O) groups is 1. The van der Waals surface area contributed by atoms with E-state index in [1.165, 1.54) is 25.5 Å². The normalized spacial score (nSPS) is 17.8. The molecule has 106 valence electrons. The van der Waals surface area contributed by atoms with E-state index >= 15 is 0 Å². The van der Waals surface area contributed by atoms with E-state index in [4.69, 9.17) is 4.42 Å². The fourth-order valence-electron chi connectivity index (χ4n) is 2.32. The molecule has 1 unspecified atom stereocenters. The molecule has 5 heteroatoms. The largest absolute Gasteiger partial charge is 0.467 e. The molecule has 1 heterocycles. The van der Waals surface area contributed by atoms with E-state index in [1.54, 1.807) is 12.1 Å². The van der Waals surface area contributed by atoms with Crippen molar-refractivity contribution >= 4 is 6.03 Å². The van der Waals surface area contributed by atoms with Gasteiger partial charge in [-0.25, -0.2) is 4.79 Å². The third-order valence-electron chi connectivity index (χ3n) is 3.69. The summed E-state index contributed by atoms with van der Waals surface area (Å²) in [4.78, 5) is 11.6. The van der Waals surface area contributed by atoms with Gasteiger partial charge in [0.1, 0.15) is 11.9 Å². The lowest BCUT2D eigenvalue weighted by Crippen LogP contribution is -2.40. The molecule has 0 radical (unpaired) electrons. The third kappa shape index (κ3) is 3.99. The molecule has 1 fully saturated rings. The number of hydrogen-bond donors (Lipinski definition) is 3. The predicted molar refractivity (Wildman–Crippen MR) is 71.6 cm³/mol. The van der Waals surface area contributed by atoms with Crippen LogP contribution in [0.3, 0.4) is 0 Å². The lowest BCUT2D eigenvalue weighted by Gasteiger charge is -2.16. The topological polar surface area (TPSA) is 74.5 Å². The van der Waals surface area contributed by atoms with Gasteiger partial charge in [0.25, 0.3) is 0 Å². The Bertz CT molecular complexity index is 399. The fourth-order valence-corrected chi connectivity index (χ4v) is 2.32. The van der Waals surface area contributed by atoms with Crippen LogP contribution < -0.4 is 10.6 Å². The van der Waals surface area contributed by atoms with Crippen LogP contribution in [0, 0.1) is 5.41 Å². The smallest absolute Gasteiger partial charge is 0.314 e. The molecule has 1 aromatic rings. The average Bonchev–Trinajstić information content (AvgIpc) is 2.95. The van der Waals surface area contributed by atoms with Gasteiger partial charge in [-0.3, -0.25) is 0 Å². The first-order valence-electron chi connectivity index (χ1n) is 6.88. The number of urea groups is 1. The van der Waals surface area contributed by atoms with Crippen LogP contribution in [0.2, 0.25) is 0 Å². The minimum Gasteiger partial charge on any atom is -0.467 e. The molecule has 0 bridgehead atoms. The molecule has 2 rings (SSSR count). The second-order valence-electron chi connectivity index (χ2n) is 5.34. The minimum absolute atomic E-state index is 0.153. The molecule has 1 aromatic heterocycles. The Morgan fingerprint density at radius 1 is 1.53 bits per heavy atom. The summed E-state index contributed by atoms with van der Waals surface area (Å²) in [6.45, 7) is 3.05. The second kappa shape index (κ2) is 6.10. The van der Waals surface area contributed by atoms with Crippen molar-refractivity contribution in [2.24, 2.45) is 5.41 Å². The number of nitrogens with one attached hydrogen (secondary N) is 2. The van der Waals surface area contributed by atoms with E-state index in [2.05, 4.69) is 17.6 Å². The zero-order valence-electron chi connectivity index (χ0n) is 11.3. The highest BCUT2D eigenvalue weighted by Crippen LogP contribution is 2.48. The molecule has 5 nitrogen and oxygen atoms in total. The maximum atomic E-state index is 11.6. The molecule has 3 N–H and O–H groups in total. The van der Waals surface area contributed by atoms with Gasteiger partial charge in [0.2, 0.25) is 0 Å². The van der Waals surface area contributed by atoms with E-state index in [0.29, 0.717) is 11.2 Å². The number of amides is 2. The van der Waals surface area contributed by atoms with Crippen molar-refractivity contribution in [1.29, 1.82) is 0 Å². The Morgan fingerprint density at radius 2 is 2.32 bits per heavy atom. The van der Waals surface area contributed by atoms with Crippen LogP contribution in [-0.2, 0) is 0 Å². The van der Waals surface area contributed by atoms with Crippen molar-refractivity contribution in [2.75, 3.05) is 13.1 Å². The van der Waals surface area contributed by atoms with Gasteiger partial charge in [-0.2, -0.15) is 0 Å². The molecule has 1 atom stereocenters. The van der Waals surface area contributed by atoms with E-state index in [-0.39, 0.29) is 12.6 Å². The molecule has 0 spiro atoms. The van der Waals surface area contributed by atoms with Crippen LogP contribution in [0.1, 0.15) is 44.5 Å². The monoisotopic (exact) mass is 266 g/mol. The van der Waals surface area contributed by atoms with Gasteiger partial charge in [-0.05, 0) is 36.8 Å². The summed E-state index contributed by atoms with van der Waals surface area (Å²) < 4.78 is 5.06. The van der Waals surface area contributed by atoms with Crippen molar-refractivity contribution in [1.82, 2.24) is 10.6 Å². The Hall–Kier alpha value is -1.49. The first-order valence-corrected chi connectivity index (χ1v) is 6.88. The molecule has 19 heavy (non-hydrogen) atoms. The van der Waals surface area contributed by atoms with Crippen LogP contribution in [0.15, 0.2) is 22.8 Å². The standard InChI is InChI=1S/C14H22N2O3/c1-2-5-14(6-7-14)10-16-13(18)15-9-11(17)12-4-3-8-19-12/h3-4,8,11,17H,2,5-7,9-10H2,1H3,(H2,15,16,18). The van der Waals surface area contributed by atoms with Crippen molar-refractivity contribution in [3.63, 3.8) is 0 Å². The minimum atomic E-state index is -0.800. The number of hydrogen-bond acceptors (Lipinski definition) is 3. The molecular weight excluding hydrogens is 244 g/mol. The van der Waals surface area contributed by atoms with Gasteiger partial charge in [0, 0.05) is 6.54 Å². The Balaban J connectivity index is 1.65. The number of rotatable bonds is 7. The van der Waals surface area contributed by atoms with Crippen molar-refractivity contribution < 1.29 is 14.3 Å². The molecule has 0 aromatic carbocycles. The van der Waals surface area contributed by atoms with Crippen LogP contribution in [-0.4, -0.2) is 24.2 Å². The summed E-state index contributed by atoms with van der Waals surface area (Å²) in [5, 5.41) is 15.3. The van der Waals surface area contributed by atoms with E-state index in [9.17, 15) is 9.90 Å². The summed E-state index contributed by atoms with van der Waals surface area (Å²) >= 11 is 0. The highest BCUT2D eigenvalue weighted by molar-refractivity contribution is 5.73. The van der Waals surface area contributed by atoms with E-state index in [0.717, 1.165) is 13.0 Å². The van der Waals surface area contributed by atoms with Crippen LogP contribution in [0.25, 0.3) is 0 Å². The molecule has 0 aliphatic heterocycles. The SMILES string of the molecule is CCCC1(CNC(=O)NCC(O)c2ccco2)CC1. The zero-order chi connectivity index (χ0) is 13.7. The van der Waals surface area contributed by atoms with Gasteiger partial charge < -0.3 is 20.2 Å². The lowest BCUT2D eigenvalue weighted by molar-refractivity contribution is 0.147. The van der Waals surface area contributed by atoms with Crippen LogP contribution in [0.4, 0.5) is 4.79 Å². The first kappa shape index (κ1) is 13.9. The summed E-state index contributed by atoms with van der Waals surface area (Å²) in [5.74, 6) is 0.463. The fraction of sp³-hybridized carbons (Fsp3) is 0.643. The molecule has 1 aliphatic rings. The second-order valence-corrected chi connectivity index (χ2v) is 5.34. The number of aliphatic hydroxyl groups excluding tert-OH is 1. The maximum Gasteiger partial charge on any atom is 0.314 e. The molecule has 1 saturated carbocycles. The predicted octanol–water partition coefficient (Wildman–Crippen LogP) is 2.19. The lowest BCUT2D eigenvalue weighted by atomic mass is 10.0. The summed E-state index contributed by atoms with van der Waals surface area (Å²) in [6, 6.07) is 3.17. The van der Waals surface area contributed by atoms with Gasteiger partial charge in [-0.15, -0.1) is 0 Å². The number of carbonyl (C=O) groups excluding carboxylic acids is 1. The maximum absolute atomic E-state index is 11.6. The molecule has 2 amide bonds. The van der Waals surface area contributed by atoms with E-state index < -0.39 is 6.10 Å². The van der Waals surface area contributed by atoms with Gasteiger partial charge >= 0.3 is 6.03 Å². The Kier molecular flexibility index (Phi) is 4.47. The Morgan fingerprint density at radius 3 is 2.89 bits per heavy atom. The first-order chi connectivity index (χ1) is 9.15. The quantitative estimate of drug-likeness (QED) is 0.708. The van der Waals surface area contributed by atoms with Crippen molar-refractivity contribution in [3.05, 3.63) is 24.2 Å². The number of aliphatic hydroxyl groups is 1.